The van der Waals surface area contributed by atoms with Gasteiger partial charge in [-0.3, -0.25) is 14.9 Å². The molecule has 1 N–H and O–H groups in total. The number of hydrogen-bond donors (Lipinski definition) is 1. The lowest BCUT2D eigenvalue weighted by atomic mass is 9.90. The topological polar surface area (TPSA) is 126 Å². The number of rotatable bonds is 7. The van der Waals surface area contributed by atoms with Crippen LogP contribution in [0.15, 0.2) is 18.2 Å². The lowest BCUT2D eigenvalue weighted by Gasteiger charge is -2.27. The van der Waals surface area contributed by atoms with E-state index in [0.29, 0.717) is 5.69 Å². The number of nitrogens with zero attached hydrogens (tertiary/aromatic N) is 3. The van der Waals surface area contributed by atoms with E-state index in [1.165, 1.54) is 12.1 Å². The molecule has 1 amide bonds. The summed E-state index contributed by atoms with van der Waals surface area (Å²) in [7, 11) is 3.34. The summed E-state index contributed by atoms with van der Waals surface area (Å²) in [5.41, 5.74) is -0.957. The summed E-state index contributed by atoms with van der Waals surface area (Å²) in [5.74, 6) is -1.65. The van der Waals surface area contributed by atoms with Gasteiger partial charge in [-0.1, -0.05) is 13.8 Å². The molecule has 0 aromatic heterocycles. The van der Waals surface area contributed by atoms with Crippen LogP contribution in [0, 0.1) is 27.4 Å². The van der Waals surface area contributed by atoms with Crippen molar-refractivity contribution in [2.24, 2.45) is 5.92 Å². The summed E-state index contributed by atoms with van der Waals surface area (Å²) in [6.45, 7) is 4.53. The predicted molar refractivity (Wildman–Crippen MR) is 94.7 cm³/mol. The Hall–Kier alpha value is -3.15. The number of nitriles is 1. The molecule has 1 atom stereocenters. The zero-order valence-electron chi connectivity index (χ0n) is 15.4. The van der Waals surface area contributed by atoms with Gasteiger partial charge in [-0.05, 0) is 18.9 Å². The van der Waals surface area contributed by atoms with E-state index >= 15 is 0 Å². The summed E-state index contributed by atoms with van der Waals surface area (Å²) in [4.78, 5) is 36.2. The van der Waals surface area contributed by atoms with Crippen molar-refractivity contribution in [1.29, 1.82) is 5.26 Å². The van der Waals surface area contributed by atoms with Crippen LogP contribution in [-0.4, -0.2) is 43.0 Å². The largest absolute Gasteiger partial charge is 0.452 e. The monoisotopic (exact) mass is 362 g/mol. The van der Waals surface area contributed by atoms with Crippen LogP contribution in [0.2, 0.25) is 0 Å². The lowest BCUT2D eigenvalue weighted by molar-refractivity contribution is -0.384. The number of nitrogens with one attached hydrogen (secondary N) is 1. The highest BCUT2D eigenvalue weighted by atomic mass is 16.6. The first-order chi connectivity index (χ1) is 12.0. The van der Waals surface area contributed by atoms with E-state index in [1.807, 2.05) is 6.07 Å². The van der Waals surface area contributed by atoms with Crippen molar-refractivity contribution in [2.75, 3.05) is 25.6 Å². The Morgan fingerprint density at radius 3 is 2.50 bits per heavy atom. The number of carbonyl (C=O) groups excluding carboxylic acids is 2. The highest BCUT2D eigenvalue weighted by Crippen LogP contribution is 2.25. The van der Waals surface area contributed by atoms with Gasteiger partial charge in [0, 0.05) is 26.2 Å². The molecule has 0 saturated carbocycles. The molecule has 0 aliphatic heterocycles. The van der Waals surface area contributed by atoms with Gasteiger partial charge in [0.2, 0.25) is 0 Å². The van der Waals surface area contributed by atoms with Crippen LogP contribution in [0.1, 0.15) is 31.1 Å². The van der Waals surface area contributed by atoms with E-state index < -0.39 is 28.9 Å². The molecule has 140 valence electrons. The van der Waals surface area contributed by atoms with Crippen molar-refractivity contribution < 1.29 is 19.2 Å². The van der Waals surface area contributed by atoms with Gasteiger partial charge in [0.1, 0.15) is 5.54 Å². The smallest absolute Gasteiger partial charge is 0.341 e. The molecule has 0 unspecified atom stereocenters. The van der Waals surface area contributed by atoms with Crippen molar-refractivity contribution in [3.8, 4) is 6.07 Å². The minimum Gasteiger partial charge on any atom is -0.452 e. The third kappa shape index (κ3) is 4.92. The number of nitro groups is 1. The SMILES string of the molecule is CC(C)[C@@](C)(C#N)NC(=O)COC(=O)c1cc([N+](=O)[O-])ccc1N(C)C. The fourth-order valence-electron chi connectivity index (χ4n) is 2.03. The summed E-state index contributed by atoms with van der Waals surface area (Å²) in [6, 6.07) is 5.83. The van der Waals surface area contributed by atoms with Gasteiger partial charge in [0.05, 0.1) is 22.2 Å². The number of non-ortho nitro benzene ring substituents is 1. The minimum atomic E-state index is -1.09. The molecule has 0 bridgehead atoms. The van der Waals surface area contributed by atoms with Gasteiger partial charge >= 0.3 is 5.97 Å². The molecule has 0 saturated heterocycles. The van der Waals surface area contributed by atoms with Crippen molar-refractivity contribution in [3.05, 3.63) is 33.9 Å². The molecule has 0 spiro atoms. The number of carbonyl (C=O) groups is 2. The van der Waals surface area contributed by atoms with Crippen LogP contribution in [0.3, 0.4) is 0 Å². The van der Waals surface area contributed by atoms with E-state index in [2.05, 4.69) is 5.32 Å². The van der Waals surface area contributed by atoms with E-state index in [9.17, 15) is 25.0 Å². The summed E-state index contributed by atoms with van der Waals surface area (Å²) in [6.07, 6.45) is 0. The number of benzene rings is 1. The third-order valence-corrected chi connectivity index (χ3v) is 4.01. The maximum absolute atomic E-state index is 12.3. The van der Waals surface area contributed by atoms with Crippen LogP contribution in [0.4, 0.5) is 11.4 Å². The number of ether oxygens (including phenoxy) is 1. The Morgan fingerprint density at radius 1 is 1.42 bits per heavy atom. The molecule has 1 aromatic carbocycles. The highest BCUT2D eigenvalue weighted by Gasteiger charge is 2.30. The van der Waals surface area contributed by atoms with E-state index in [0.717, 1.165) is 6.07 Å². The highest BCUT2D eigenvalue weighted by molar-refractivity contribution is 5.97. The molecule has 0 aliphatic rings. The molecule has 1 rings (SSSR count). The van der Waals surface area contributed by atoms with Crippen LogP contribution in [0.25, 0.3) is 0 Å². The standard InChI is InChI=1S/C17H22N4O5/c1-11(2)17(3,10-18)19-15(22)9-26-16(23)13-8-12(21(24)25)6-7-14(13)20(4)5/h6-8,11H,9H2,1-5H3,(H,19,22)/t17-/m1/s1. The number of esters is 1. The Balaban J connectivity index is 2.91. The molecule has 26 heavy (non-hydrogen) atoms. The second-order valence-corrected chi connectivity index (χ2v) is 6.45. The number of amides is 1. The zero-order valence-corrected chi connectivity index (χ0v) is 15.4. The van der Waals surface area contributed by atoms with Crippen LogP contribution in [0.5, 0.6) is 0 Å². The second-order valence-electron chi connectivity index (χ2n) is 6.45. The molecular formula is C17H22N4O5. The first kappa shape index (κ1) is 20.9. The van der Waals surface area contributed by atoms with Gasteiger partial charge in [-0.25, -0.2) is 4.79 Å². The molecule has 9 nitrogen and oxygen atoms in total. The van der Waals surface area contributed by atoms with E-state index in [-0.39, 0.29) is 17.2 Å². The number of anilines is 1. The summed E-state index contributed by atoms with van der Waals surface area (Å²) in [5, 5.41) is 22.6. The summed E-state index contributed by atoms with van der Waals surface area (Å²) >= 11 is 0. The van der Waals surface area contributed by atoms with E-state index in [4.69, 9.17) is 4.74 Å². The Bertz CT molecular complexity index is 754. The fraction of sp³-hybridized carbons (Fsp3) is 0.471. The van der Waals surface area contributed by atoms with Crippen LogP contribution < -0.4 is 10.2 Å². The lowest BCUT2D eigenvalue weighted by Crippen LogP contribution is -2.50. The molecule has 9 heteroatoms. The Labute approximate surface area is 151 Å². The molecule has 0 radical (unpaired) electrons. The maximum Gasteiger partial charge on any atom is 0.341 e. The van der Waals surface area contributed by atoms with Crippen molar-refractivity contribution >= 4 is 23.3 Å². The first-order valence-electron chi connectivity index (χ1n) is 7.87. The van der Waals surface area contributed by atoms with Gasteiger partial charge in [-0.15, -0.1) is 0 Å². The Morgan fingerprint density at radius 2 is 2.04 bits per heavy atom. The van der Waals surface area contributed by atoms with Crippen LogP contribution in [-0.2, 0) is 9.53 Å². The minimum absolute atomic E-state index is 0.0242. The predicted octanol–water partition coefficient (Wildman–Crippen LogP) is 1.87. The van der Waals surface area contributed by atoms with Crippen molar-refractivity contribution in [1.82, 2.24) is 5.32 Å². The summed E-state index contributed by atoms with van der Waals surface area (Å²) < 4.78 is 4.98. The average Bonchev–Trinajstić information content (AvgIpc) is 2.58. The van der Waals surface area contributed by atoms with Gasteiger partial charge in [0.15, 0.2) is 6.61 Å². The van der Waals surface area contributed by atoms with Crippen molar-refractivity contribution in [3.63, 3.8) is 0 Å². The van der Waals surface area contributed by atoms with Crippen LogP contribution >= 0.6 is 0 Å². The first-order valence-corrected chi connectivity index (χ1v) is 7.87. The zero-order chi connectivity index (χ0) is 20.1. The average molecular weight is 362 g/mol. The second kappa shape index (κ2) is 8.29. The maximum atomic E-state index is 12.3. The number of hydrogen-bond acceptors (Lipinski definition) is 7. The van der Waals surface area contributed by atoms with Gasteiger partial charge in [0.25, 0.3) is 11.6 Å². The quantitative estimate of drug-likeness (QED) is 0.446. The Kier molecular flexibility index (Phi) is 6.66. The fourth-order valence-corrected chi connectivity index (χ4v) is 2.03. The van der Waals surface area contributed by atoms with Gasteiger partial charge in [-0.2, -0.15) is 5.26 Å². The third-order valence-electron chi connectivity index (χ3n) is 4.01. The molecular weight excluding hydrogens is 340 g/mol. The van der Waals surface area contributed by atoms with E-state index in [1.54, 1.807) is 39.8 Å². The normalized spacial score (nSPS) is 12.7. The molecule has 0 aliphatic carbocycles. The molecule has 0 fully saturated rings. The molecule has 0 heterocycles. The number of nitro benzene ring substituents is 1. The molecule has 1 aromatic rings. The van der Waals surface area contributed by atoms with Gasteiger partial charge < -0.3 is 15.0 Å². The van der Waals surface area contributed by atoms with Crippen molar-refractivity contribution in [2.45, 2.75) is 26.3 Å².